The molecule has 0 aliphatic carbocycles. The van der Waals surface area contributed by atoms with Crippen LogP contribution in [0.3, 0.4) is 0 Å². The van der Waals surface area contributed by atoms with E-state index in [0.29, 0.717) is 23.9 Å². The van der Waals surface area contributed by atoms with Crippen LogP contribution >= 0.6 is 31.9 Å². The minimum atomic E-state index is -1.15. The van der Waals surface area contributed by atoms with Crippen molar-refractivity contribution in [1.29, 1.82) is 0 Å². The number of rotatable bonds is 2. The molecule has 1 aromatic rings. The number of aromatic nitrogens is 1. The number of pyridine rings is 1. The molecule has 0 bridgehead atoms. The summed E-state index contributed by atoms with van der Waals surface area (Å²) < 4.78 is 1.30. The van der Waals surface area contributed by atoms with E-state index >= 15 is 0 Å². The maximum Gasteiger partial charge on any atom is 0.329 e. The highest BCUT2D eigenvalue weighted by atomic mass is 79.9. The number of carboxylic acids is 1. The number of carboxylic acid groups (broad SMARTS) is 1. The lowest BCUT2D eigenvalue weighted by Gasteiger charge is -2.31. The molecule has 1 aliphatic rings. The van der Waals surface area contributed by atoms with Crippen LogP contribution in [0, 0.1) is 0 Å². The molecule has 1 N–H and O–H groups in total. The van der Waals surface area contributed by atoms with E-state index in [1.54, 1.807) is 13.0 Å². The number of hydrogen-bond donors (Lipinski definition) is 1. The minimum absolute atomic E-state index is 0.234. The summed E-state index contributed by atoms with van der Waals surface area (Å²) in [6, 6.07) is 1.72. The average Bonchev–Trinajstić information content (AvgIpc) is 2.72. The van der Waals surface area contributed by atoms with Gasteiger partial charge in [0, 0.05) is 17.2 Å². The van der Waals surface area contributed by atoms with E-state index in [1.807, 2.05) is 0 Å². The first-order valence-electron chi connectivity index (χ1n) is 5.72. The van der Waals surface area contributed by atoms with Crippen molar-refractivity contribution in [2.75, 3.05) is 6.54 Å². The van der Waals surface area contributed by atoms with Crippen molar-refractivity contribution in [1.82, 2.24) is 9.88 Å². The number of hydrogen-bond acceptors (Lipinski definition) is 3. The molecule has 7 heteroatoms. The van der Waals surface area contributed by atoms with Crippen LogP contribution in [0.5, 0.6) is 0 Å². The lowest BCUT2D eigenvalue weighted by molar-refractivity contribution is -0.147. The second kappa shape index (κ2) is 5.20. The van der Waals surface area contributed by atoms with Crippen molar-refractivity contribution >= 4 is 43.7 Å². The third kappa shape index (κ3) is 2.53. The number of nitrogens with zero attached hydrogens (tertiary/aromatic N) is 2. The Morgan fingerprint density at radius 3 is 2.74 bits per heavy atom. The Balaban J connectivity index is 2.36. The highest BCUT2D eigenvalue weighted by molar-refractivity contribution is 9.11. The summed E-state index contributed by atoms with van der Waals surface area (Å²) in [5.74, 6) is -1.34. The van der Waals surface area contributed by atoms with Crippen LogP contribution in [0.15, 0.2) is 21.2 Å². The van der Waals surface area contributed by atoms with Gasteiger partial charge >= 0.3 is 5.97 Å². The van der Waals surface area contributed by atoms with Gasteiger partial charge in [0.05, 0.1) is 4.47 Å². The zero-order chi connectivity index (χ0) is 14.2. The van der Waals surface area contributed by atoms with Gasteiger partial charge in [-0.1, -0.05) is 0 Å². The first kappa shape index (κ1) is 14.5. The van der Waals surface area contributed by atoms with Crippen LogP contribution in [0.25, 0.3) is 0 Å². The monoisotopic (exact) mass is 390 g/mol. The molecular weight excluding hydrogens is 380 g/mol. The smallest absolute Gasteiger partial charge is 0.329 e. The Bertz CT molecular complexity index is 550. The predicted molar refractivity (Wildman–Crippen MR) is 75.9 cm³/mol. The van der Waals surface area contributed by atoms with Crippen LogP contribution in [0.2, 0.25) is 0 Å². The Morgan fingerprint density at radius 1 is 1.47 bits per heavy atom. The molecule has 5 nitrogen and oxygen atoms in total. The Morgan fingerprint density at radius 2 is 2.16 bits per heavy atom. The van der Waals surface area contributed by atoms with Gasteiger partial charge in [-0.25, -0.2) is 9.78 Å². The SMILES string of the molecule is CC1(C(=O)O)CCCN1C(=O)c1ncc(Br)cc1Br. The third-order valence-corrected chi connectivity index (χ3v) is 4.40. The number of carbonyl (C=O) groups is 2. The van der Waals surface area contributed by atoms with Crippen molar-refractivity contribution in [2.24, 2.45) is 0 Å². The Kier molecular flexibility index (Phi) is 3.96. The second-order valence-electron chi connectivity index (χ2n) is 4.62. The molecule has 1 unspecified atom stereocenters. The van der Waals surface area contributed by atoms with E-state index in [9.17, 15) is 14.7 Å². The topological polar surface area (TPSA) is 70.5 Å². The van der Waals surface area contributed by atoms with E-state index in [1.165, 1.54) is 11.1 Å². The fraction of sp³-hybridized carbons (Fsp3) is 0.417. The van der Waals surface area contributed by atoms with E-state index in [4.69, 9.17) is 0 Å². The number of likely N-dealkylation sites (tertiary alicyclic amines) is 1. The Hall–Kier alpha value is -0.950. The fourth-order valence-electron chi connectivity index (χ4n) is 2.21. The predicted octanol–water partition coefficient (Wildman–Crippen LogP) is 2.69. The molecule has 1 amide bonds. The largest absolute Gasteiger partial charge is 0.480 e. The van der Waals surface area contributed by atoms with Gasteiger partial charge in [0.1, 0.15) is 11.2 Å². The zero-order valence-electron chi connectivity index (χ0n) is 10.2. The molecule has 0 spiro atoms. The van der Waals surface area contributed by atoms with Crippen LogP contribution in [-0.2, 0) is 4.79 Å². The molecule has 1 aromatic heterocycles. The maximum absolute atomic E-state index is 12.5. The van der Waals surface area contributed by atoms with Crippen molar-refractivity contribution in [2.45, 2.75) is 25.3 Å². The summed E-state index contributed by atoms with van der Waals surface area (Å²) in [6.45, 7) is 2.01. The zero-order valence-corrected chi connectivity index (χ0v) is 13.4. The van der Waals surface area contributed by atoms with Crippen molar-refractivity contribution in [3.8, 4) is 0 Å². The van der Waals surface area contributed by atoms with Gasteiger partial charge in [-0.05, 0) is 57.7 Å². The molecule has 1 atom stereocenters. The van der Waals surface area contributed by atoms with Gasteiger partial charge in [0.15, 0.2) is 0 Å². The first-order valence-corrected chi connectivity index (χ1v) is 7.31. The normalized spacial score (nSPS) is 22.6. The van der Waals surface area contributed by atoms with Gasteiger partial charge < -0.3 is 10.0 Å². The van der Waals surface area contributed by atoms with E-state index in [-0.39, 0.29) is 11.6 Å². The highest BCUT2D eigenvalue weighted by Gasteiger charge is 2.46. The van der Waals surface area contributed by atoms with Gasteiger partial charge in [-0.15, -0.1) is 0 Å². The molecule has 1 fully saturated rings. The standard InChI is InChI=1S/C12H12Br2N2O3/c1-12(11(18)19)3-2-4-16(12)10(17)9-8(14)5-7(13)6-15-9/h5-6H,2-4H2,1H3,(H,18,19). The van der Waals surface area contributed by atoms with E-state index in [2.05, 4.69) is 36.8 Å². The number of halogens is 2. The Labute approximate surface area is 127 Å². The lowest BCUT2D eigenvalue weighted by Crippen LogP contribution is -2.51. The molecule has 0 aromatic carbocycles. The van der Waals surface area contributed by atoms with E-state index in [0.717, 1.165) is 4.47 Å². The van der Waals surface area contributed by atoms with Crippen LogP contribution in [0.4, 0.5) is 0 Å². The van der Waals surface area contributed by atoms with Crippen LogP contribution in [-0.4, -0.2) is 39.0 Å². The molecule has 0 radical (unpaired) electrons. The van der Waals surface area contributed by atoms with Gasteiger partial charge in [0.25, 0.3) is 5.91 Å². The highest BCUT2D eigenvalue weighted by Crippen LogP contribution is 2.32. The number of carbonyl (C=O) groups excluding carboxylic acids is 1. The molecule has 2 heterocycles. The summed E-state index contributed by atoms with van der Waals surface area (Å²) in [4.78, 5) is 29.3. The summed E-state index contributed by atoms with van der Waals surface area (Å²) in [7, 11) is 0. The lowest BCUT2D eigenvalue weighted by atomic mass is 9.99. The second-order valence-corrected chi connectivity index (χ2v) is 6.39. The van der Waals surface area contributed by atoms with Crippen molar-refractivity contribution in [3.63, 3.8) is 0 Å². The quantitative estimate of drug-likeness (QED) is 0.841. The average molecular weight is 392 g/mol. The van der Waals surface area contributed by atoms with E-state index < -0.39 is 11.5 Å². The molecule has 1 aliphatic heterocycles. The number of amides is 1. The fourth-order valence-corrected chi connectivity index (χ4v) is 3.37. The summed E-state index contributed by atoms with van der Waals surface area (Å²) in [6.07, 6.45) is 2.66. The number of aliphatic carboxylic acids is 1. The van der Waals surface area contributed by atoms with Gasteiger partial charge in [-0.2, -0.15) is 0 Å². The first-order chi connectivity index (χ1) is 8.86. The van der Waals surface area contributed by atoms with Gasteiger partial charge in [-0.3, -0.25) is 4.79 Å². The summed E-state index contributed by atoms with van der Waals surface area (Å²) in [5, 5.41) is 9.32. The minimum Gasteiger partial charge on any atom is -0.480 e. The van der Waals surface area contributed by atoms with Crippen molar-refractivity contribution < 1.29 is 14.7 Å². The van der Waals surface area contributed by atoms with Crippen LogP contribution < -0.4 is 0 Å². The summed E-state index contributed by atoms with van der Waals surface area (Å²) in [5.41, 5.74) is -0.914. The van der Waals surface area contributed by atoms with Crippen LogP contribution in [0.1, 0.15) is 30.3 Å². The summed E-state index contributed by atoms with van der Waals surface area (Å²) >= 11 is 6.55. The molecule has 19 heavy (non-hydrogen) atoms. The molecular formula is C12H12Br2N2O3. The molecule has 2 rings (SSSR count). The molecule has 102 valence electrons. The maximum atomic E-state index is 12.5. The van der Waals surface area contributed by atoms with Crippen molar-refractivity contribution in [3.05, 3.63) is 26.9 Å². The molecule has 0 saturated carbocycles. The molecule has 1 saturated heterocycles. The third-order valence-electron chi connectivity index (χ3n) is 3.36. The van der Waals surface area contributed by atoms with Gasteiger partial charge in [0.2, 0.25) is 0 Å².